The van der Waals surface area contributed by atoms with Crippen molar-refractivity contribution < 1.29 is 15.0 Å². The summed E-state index contributed by atoms with van der Waals surface area (Å²) in [4.78, 5) is 14.2. The van der Waals surface area contributed by atoms with Gasteiger partial charge in [-0.05, 0) is 19.1 Å². The maximum atomic E-state index is 11.7. The molecular formula is C10H16N2O3S. The van der Waals surface area contributed by atoms with Crippen LogP contribution in [-0.2, 0) is 0 Å². The lowest BCUT2D eigenvalue weighted by molar-refractivity contribution is 0.168. The third kappa shape index (κ3) is 3.80. The molecule has 0 spiro atoms. The average molecular weight is 244 g/mol. The molecule has 16 heavy (non-hydrogen) atoms. The summed E-state index contributed by atoms with van der Waals surface area (Å²) in [6, 6.07) is 3.45. The number of aliphatic hydroxyl groups excluding tert-OH is 2. The van der Waals surface area contributed by atoms with Crippen molar-refractivity contribution in [3.8, 4) is 0 Å². The van der Waals surface area contributed by atoms with Gasteiger partial charge in [0.2, 0.25) is 0 Å². The zero-order chi connectivity index (χ0) is 12.0. The van der Waals surface area contributed by atoms with E-state index in [9.17, 15) is 4.79 Å². The van der Waals surface area contributed by atoms with Gasteiger partial charge < -0.3 is 15.1 Å². The average Bonchev–Trinajstić information content (AvgIpc) is 2.63. The molecule has 0 fully saturated rings. The summed E-state index contributed by atoms with van der Waals surface area (Å²) < 4.78 is 0. The topological polar surface area (TPSA) is 72.8 Å². The molecule has 0 aromatic carbocycles. The van der Waals surface area contributed by atoms with Crippen LogP contribution in [0.5, 0.6) is 0 Å². The van der Waals surface area contributed by atoms with Gasteiger partial charge in [-0.15, -0.1) is 11.3 Å². The second kappa shape index (κ2) is 6.47. The maximum Gasteiger partial charge on any atom is 0.322 e. The van der Waals surface area contributed by atoms with Crippen LogP contribution in [0.4, 0.5) is 9.80 Å². The van der Waals surface area contributed by atoms with Crippen molar-refractivity contribution in [2.45, 2.75) is 6.92 Å². The van der Waals surface area contributed by atoms with E-state index in [0.29, 0.717) is 0 Å². The number of amides is 2. The number of anilines is 1. The van der Waals surface area contributed by atoms with Crippen molar-refractivity contribution in [1.29, 1.82) is 0 Å². The number of carbonyl (C=O) groups excluding carboxylic acids is 1. The molecule has 0 aliphatic carbocycles. The number of carbonyl (C=O) groups is 1. The van der Waals surface area contributed by atoms with E-state index in [2.05, 4.69) is 5.32 Å². The molecule has 1 heterocycles. The van der Waals surface area contributed by atoms with Crippen LogP contribution in [-0.4, -0.2) is 47.4 Å². The summed E-state index contributed by atoms with van der Waals surface area (Å²) in [5.74, 6) is 0. The van der Waals surface area contributed by atoms with E-state index in [1.54, 1.807) is 0 Å². The number of aliphatic hydroxyl groups is 2. The van der Waals surface area contributed by atoms with Crippen LogP contribution in [0.15, 0.2) is 12.1 Å². The third-order valence-electron chi connectivity index (χ3n) is 2.00. The monoisotopic (exact) mass is 244 g/mol. The van der Waals surface area contributed by atoms with Crippen LogP contribution >= 0.6 is 11.3 Å². The first-order valence-corrected chi connectivity index (χ1v) is 5.83. The molecule has 0 aliphatic rings. The van der Waals surface area contributed by atoms with E-state index in [1.165, 1.54) is 16.2 Å². The fraction of sp³-hybridized carbons (Fsp3) is 0.500. The summed E-state index contributed by atoms with van der Waals surface area (Å²) in [7, 11) is 0. The highest BCUT2D eigenvalue weighted by molar-refractivity contribution is 7.16. The van der Waals surface area contributed by atoms with Crippen molar-refractivity contribution in [3.05, 3.63) is 17.0 Å². The normalized spacial score (nSPS) is 10.2. The molecule has 0 unspecified atom stereocenters. The first-order valence-electron chi connectivity index (χ1n) is 5.01. The van der Waals surface area contributed by atoms with Gasteiger partial charge in [-0.1, -0.05) is 0 Å². The van der Waals surface area contributed by atoms with Gasteiger partial charge in [-0.25, -0.2) is 4.79 Å². The van der Waals surface area contributed by atoms with Crippen molar-refractivity contribution >= 4 is 22.4 Å². The molecule has 0 saturated heterocycles. The van der Waals surface area contributed by atoms with Crippen LogP contribution in [0.3, 0.4) is 0 Å². The molecule has 6 heteroatoms. The summed E-state index contributed by atoms with van der Waals surface area (Å²) in [6.45, 7) is 2.17. The van der Waals surface area contributed by atoms with E-state index < -0.39 is 0 Å². The lowest BCUT2D eigenvalue weighted by atomic mass is 10.5. The van der Waals surface area contributed by atoms with E-state index >= 15 is 0 Å². The highest BCUT2D eigenvalue weighted by Crippen LogP contribution is 2.20. The zero-order valence-electron chi connectivity index (χ0n) is 9.14. The molecule has 1 aromatic rings. The molecular weight excluding hydrogens is 228 g/mol. The van der Waals surface area contributed by atoms with Crippen LogP contribution in [0.25, 0.3) is 0 Å². The summed E-state index contributed by atoms with van der Waals surface area (Å²) in [5.41, 5.74) is 0. The number of aryl methyl sites for hydroxylation is 1. The highest BCUT2D eigenvalue weighted by Gasteiger charge is 2.12. The van der Waals surface area contributed by atoms with Crippen LogP contribution in [0.2, 0.25) is 0 Å². The Balaban J connectivity index is 2.54. The number of urea groups is 1. The van der Waals surface area contributed by atoms with Gasteiger partial charge >= 0.3 is 6.03 Å². The summed E-state index contributed by atoms with van der Waals surface area (Å²) in [6.07, 6.45) is 0. The standard InChI is InChI=1S/C10H16N2O3S/c1-8-2-3-9(16-8)11-10(15)12(4-6-13)5-7-14/h2-3,13-14H,4-7H2,1H3,(H,11,15). The Morgan fingerprint density at radius 2 is 2.00 bits per heavy atom. The van der Waals surface area contributed by atoms with Gasteiger partial charge in [-0.2, -0.15) is 0 Å². The molecule has 0 bridgehead atoms. The Bertz CT molecular complexity index is 335. The number of nitrogens with zero attached hydrogens (tertiary/aromatic N) is 1. The quantitative estimate of drug-likeness (QED) is 0.719. The zero-order valence-corrected chi connectivity index (χ0v) is 9.96. The molecule has 0 saturated carbocycles. The lowest BCUT2D eigenvalue weighted by Gasteiger charge is -2.20. The van der Waals surface area contributed by atoms with E-state index in [-0.39, 0.29) is 32.3 Å². The Labute approximate surface area is 98.3 Å². The molecule has 0 aliphatic heterocycles. The van der Waals surface area contributed by atoms with E-state index in [0.717, 1.165) is 9.88 Å². The van der Waals surface area contributed by atoms with Crippen LogP contribution in [0.1, 0.15) is 4.88 Å². The predicted octanol–water partition coefficient (Wildman–Crippen LogP) is 0.875. The number of nitrogens with one attached hydrogen (secondary N) is 1. The molecule has 3 N–H and O–H groups in total. The van der Waals surface area contributed by atoms with Gasteiger partial charge in [0.25, 0.3) is 0 Å². The van der Waals surface area contributed by atoms with Crippen LogP contribution < -0.4 is 5.32 Å². The lowest BCUT2D eigenvalue weighted by Crippen LogP contribution is -2.38. The molecule has 1 rings (SSSR count). The van der Waals surface area contributed by atoms with E-state index in [1.807, 2.05) is 19.1 Å². The predicted molar refractivity (Wildman–Crippen MR) is 63.8 cm³/mol. The first kappa shape index (κ1) is 13.0. The van der Waals surface area contributed by atoms with Crippen molar-refractivity contribution in [2.24, 2.45) is 0 Å². The van der Waals surface area contributed by atoms with Crippen LogP contribution in [0, 0.1) is 6.92 Å². The highest BCUT2D eigenvalue weighted by atomic mass is 32.1. The Kier molecular flexibility index (Phi) is 5.24. The molecule has 2 amide bonds. The molecule has 5 nitrogen and oxygen atoms in total. The maximum absolute atomic E-state index is 11.7. The van der Waals surface area contributed by atoms with Crippen molar-refractivity contribution in [1.82, 2.24) is 4.90 Å². The minimum absolute atomic E-state index is 0.114. The molecule has 1 aromatic heterocycles. The van der Waals surface area contributed by atoms with Crippen molar-refractivity contribution in [2.75, 3.05) is 31.6 Å². The van der Waals surface area contributed by atoms with Gasteiger partial charge in [0.15, 0.2) is 0 Å². The molecule has 0 radical (unpaired) electrons. The second-order valence-corrected chi connectivity index (χ2v) is 4.56. The fourth-order valence-corrected chi connectivity index (χ4v) is 2.00. The smallest absolute Gasteiger partial charge is 0.322 e. The van der Waals surface area contributed by atoms with Crippen molar-refractivity contribution in [3.63, 3.8) is 0 Å². The first-order chi connectivity index (χ1) is 7.67. The second-order valence-electron chi connectivity index (χ2n) is 3.27. The number of thiophene rings is 1. The summed E-state index contributed by atoms with van der Waals surface area (Å²) in [5, 5.41) is 21.0. The van der Waals surface area contributed by atoms with Gasteiger partial charge in [0, 0.05) is 18.0 Å². The largest absolute Gasteiger partial charge is 0.395 e. The fourth-order valence-electron chi connectivity index (χ4n) is 1.24. The van der Waals surface area contributed by atoms with Gasteiger partial charge in [0.1, 0.15) is 0 Å². The Morgan fingerprint density at radius 1 is 1.38 bits per heavy atom. The minimum Gasteiger partial charge on any atom is -0.395 e. The third-order valence-corrected chi connectivity index (χ3v) is 2.91. The van der Waals surface area contributed by atoms with E-state index in [4.69, 9.17) is 10.2 Å². The number of hydrogen-bond donors (Lipinski definition) is 3. The number of hydrogen-bond acceptors (Lipinski definition) is 4. The van der Waals surface area contributed by atoms with Gasteiger partial charge in [0.05, 0.1) is 18.2 Å². The molecule has 0 atom stereocenters. The van der Waals surface area contributed by atoms with Gasteiger partial charge in [-0.3, -0.25) is 5.32 Å². The Morgan fingerprint density at radius 3 is 2.44 bits per heavy atom. The number of rotatable bonds is 5. The summed E-state index contributed by atoms with van der Waals surface area (Å²) >= 11 is 1.49. The Hall–Kier alpha value is -1.11. The molecule has 90 valence electrons. The minimum atomic E-state index is -0.301. The SMILES string of the molecule is Cc1ccc(NC(=O)N(CCO)CCO)s1.